The van der Waals surface area contributed by atoms with E-state index in [0.717, 1.165) is 15.6 Å². The number of nitrogen functional groups attached to an aromatic ring is 1. The van der Waals surface area contributed by atoms with Crippen LogP contribution in [0.25, 0.3) is 0 Å². The smallest absolute Gasteiger partial charge is 0.220 e. The Kier molecular flexibility index (Phi) is 8.58. The lowest BCUT2D eigenvalue weighted by atomic mass is 10.1. The van der Waals surface area contributed by atoms with Gasteiger partial charge in [-0.05, 0) is 35.7 Å². The minimum Gasteiger partial charge on any atom is -0.493 e. The van der Waals surface area contributed by atoms with E-state index in [1.165, 1.54) is 0 Å². The first-order valence-electron chi connectivity index (χ1n) is 7.55. The fraction of sp³-hybridized carbons (Fsp3) is 0.278. The van der Waals surface area contributed by atoms with Crippen LogP contribution in [0, 0.1) is 0 Å². The molecule has 0 aliphatic heterocycles. The molecular formula is C18H22BrClN2O3. The van der Waals surface area contributed by atoms with Crippen LogP contribution in [0.1, 0.15) is 17.5 Å². The first-order chi connectivity index (χ1) is 11.5. The maximum Gasteiger partial charge on any atom is 0.220 e. The van der Waals surface area contributed by atoms with Crippen molar-refractivity contribution in [3.63, 3.8) is 0 Å². The van der Waals surface area contributed by atoms with Crippen LogP contribution < -0.4 is 20.5 Å². The molecule has 2 rings (SSSR count). The van der Waals surface area contributed by atoms with Gasteiger partial charge in [0, 0.05) is 23.1 Å². The summed E-state index contributed by atoms with van der Waals surface area (Å²) in [5.41, 5.74) is 8.51. The largest absolute Gasteiger partial charge is 0.493 e. The maximum atomic E-state index is 12.1. The van der Waals surface area contributed by atoms with Gasteiger partial charge < -0.3 is 20.5 Å². The Morgan fingerprint density at radius 3 is 2.40 bits per heavy atom. The molecule has 5 nitrogen and oxygen atoms in total. The highest BCUT2D eigenvalue weighted by molar-refractivity contribution is 9.10. The molecule has 136 valence electrons. The number of ether oxygens (including phenoxy) is 2. The zero-order chi connectivity index (χ0) is 17.5. The number of aryl methyl sites for hydroxylation is 1. The molecule has 25 heavy (non-hydrogen) atoms. The van der Waals surface area contributed by atoms with Crippen LogP contribution in [0.4, 0.5) is 5.69 Å². The van der Waals surface area contributed by atoms with Gasteiger partial charge >= 0.3 is 0 Å². The summed E-state index contributed by atoms with van der Waals surface area (Å²) in [5, 5.41) is 2.91. The van der Waals surface area contributed by atoms with Crippen LogP contribution in [0.5, 0.6) is 11.5 Å². The summed E-state index contributed by atoms with van der Waals surface area (Å²) in [6.07, 6.45) is 1.00. The van der Waals surface area contributed by atoms with Gasteiger partial charge in [0.05, 0.1) is 14.2 Å². The lowest BCUT2D eigenvalue weighted by molar-refractivity contribution is -0.121. The molecule has 0 heterocycles. The third-order valence-electron chi connectivity index (χ3n) is 3.71. The van der Waals surface area contributed by atoms with Crippen molar-refractivity contribution in [3.05, 3.63) is 52.0 Å². The van der Waals surface area contributed by atoms with Gasteiger partial charge in [-0.15, -0.1) is 12.4 Å². The number of methoxy groups -OCH3 is 2. The van der Waals surface area contributed by atoms with Crippen LogP contribution in [-0.2, 0) is 17.8 Å². The van der Waals surface area contributed by atoms with E-state index < -0.39 is 0 Å². The minimum absolute atomic E-state index is 0. The van der Waals surface area contributed by atoms with E-state index in [1.807, 2.05) is 36.4 Å². The molecule has 0 aliphatic carbocycles. The van der Waals surface area contributed by atoms with Crippen LogP contribution in [0.2, 0.25) is 0 Å². The normalized spacial score (nSPS) is 9.88. The number of rotatable bonds is 7. The fourth-order valence-electron chi connectivity index (χ4n) is 2.32. The number of benzene rings is 2. The molecule has 0 aliphatic rings. The molecule has 7 heteroatoms. The Balaban J connectivity index is 0.00000312. The molecule has 0 atom stereocenters. The molecule has 0 radical (unpaired) electrons. The number of halogens is 2. The van der Waals surface area contributed by atoms with Crippen LogP contribution in [-0.4, -0.2) is 20.1 Å². The van der Waals surface area contributed by atoms with Gasteiger partial charge in [-0.3, -0.25) is 4.79 Å². The third-order valence-corrected chi connectivity index (χ3v) is 4.44. The van der Waals surface area contributed by atoms with Gasteiger partial charge in [0.15, 0.2) is 11.5 Å². The molecule has 1 amide bonds. The highest BCUT2D eigenvalue weighted by Crippen LogP contribution is 2.33. The number of nitrogens with one attached hydrogen (secondary N) is 1. The molecular weight excluding hydrogens is 408 g/mol. The Morgan fingerprint density at radius 1 is 1.12 bits per heavy atom. The second-order valence-corrected chi connectivity index (χ2v) is 6.13. The minimum atomic E-state index is -0.0278. The zero-order valence-electron chi connectivity index (χ0n) is 14.2. The number of para-hydroxylation sites is 1. The molecule has 0 aromatic heterocycles. The van der Waals surface area contributed by atoms with Crippen molar-refractivity contribution in [1.29, 1.82) is 0 Å². The number of hydrogen-bond donors (Lipinski definition) is 2. The van der Waals surface area contributed by atoms with E-state index in [9.17, 15) is 4.79 Å². The number of hydrogen-bond acceptors (Lipinski definition) is 4. The lowest BCUT2D eigenvalue weighted by Crippen LogP contribution is -2.23. The predicted octanol–water partition coefficient (Wildman–Crippen LogP) is 3.72. The summed E-state index contributed by atoms with van der Waals surface area (Å²) in [4.78, 5) is 12.1. The first-order valence-corrected chi connectivity index (χ1v) is 8.35. The predicted molar refractivity (Wildman–Crippen MR) is 106 cm³/mol. The number of anilines is 1. The van der Waals surface area contributed by atoms with E-state index in [0.29, 0.717) is 36.6 Å². The van der Waals surface area contributed by atoms with Gasteiger partial charge in [0.2, 0.25) is 5.91 Å². The summed E-state index contributed by atoms with van der Waals surface area (Å²) < 4.78 is 11.4. The Labute approximate surface area is 162 Å². The summed E-state index contributed by atoms with van der Waals surface area (Å²) in [6, 6.07) is 11.3. The third kappa shape index (κ3) is 5.83. The molecule has 0 unspecified atom stereocenters. The van der Waals surface area contributed by atoms with Gasteiger partial charge in [0.1, 0.15) is 0 Å². The van der Waals surface area contributed by atoms with E-state index in [2.05, 4.69) is 21.2 Å². The summed E-state index contributed by atoms with van der Waals surface area (Å²) >= 11 is 3.48. The van der Waals surface area contributed by atoms with Crippen molar-refractivity contribution in [2.24, 2.45) is 0 Å². The summed E-state index contributed by atoms with van der Waals surface area (Å²) in [7, 11) is 3.17. The van der Waals surface area contributed by atoms with Gasteiger partial charge in [-0.2, -0.15) is 0 Å². The summed E-state index contributed by atoms with van der Waals surface area (Å²) in [5.74, 6) is 1.24. The number of carbonyl (C=O) groups excluding carboxylic acids is 1. The monoisotopic (exact) mass is 428 g/mol. The second kappa shape index (κ2) is 10.2. The standard InChI is InChI=1S/C18H21BrN2O3.ClH/c1-23-16-9-13(14(19)10-17(16)24-2)11-21-18(22)8-7-12-5-3-4-6-15(12)20;/h3-6,9-10H,7-8,11,20H2,1-2H3,(H,21,22);1H. The molecule has 0 spiro atoms. The van der Waals surface area contributed by atoms with Gasteiger partial charge in [-0.1, -0.05) is 34.1 Å². The number of amides is 1. The average molecular weight is 430 g/mol. The quantitative estimate of drug-likeness (QED) is 0.658. The first kappa shape index (κ1) is 21.1. The van der Waals surface area contributed by atoms with Gasteiger partial charge in [-0.25, -0.2) is 0 Å². The Hall–Kier alpha value is -1.92. The van der Waals surface area contributed by atoms with Crippen molar-refractivity contribution in [3.8, 4) is 11.5 Å². The second-order valence-electron chi connectivity index (χ2n) is 5.27. The SMILES string of the molecule is COc1cc(Br)c(CNC(=O)CCc2ccccc2N)cc1OC.Cl. The molecule has 0 fully saturated rings. The van der Waals surface area contributed by atoms with E-state index >= 15 is 0 Å². The van der Waals surface area contributed by atoms with Crippen molar-refractivity contribution in [1.82, 2.24) is 5.32 Å². The topological polar surface area (TPSA) is 73.6 Å². The molecule has 0 saturated carbocycles. The molecule has 3 N–H and O–H groups in total. The number of carbonyl (C=O) groups is 1. The Bertz CT molecular complexity index is 725. The Morgan fingerprint density at radius 2 is 1.76 bits per heavy atom. The lowest BCUT2D eigenvalue weighted by Gasteiger charge is -2.13. The van der Waals surface area contributed by atoms with Crippen molar-refractivity contribution in [2.75, 3.05) is 20.0 Å². The van der Waals surface area contributed by atoms with E-state index in [4.69, 9.17) is 15.2 Å². The molecule has 0 saturated heterocycles. The molecule has 2 aromatic carbocycles. The number of nitrogens with two attached hydrogens (primary N) is 1. The fourth-order valence-corrected chi connectivity index (χ4v) is 2.79. The molecule has 2 aromatic rings. The van der Waals surface area contributed by atoms with Gasteiger partial charge in [0.25, 0.3) is 0 Å². The van der Waals surface area contributed by atoms with Crippen molar-refractivity contribution in [2.45, 2.75) is 19.4 Å². The summed E-state index contributed by atoms with van der Waals surface area (Å²) in [6.45, 7) is 0.407. The highest BCUT2D eigenvalue weighted by atomic mass is 79.9. The zero-order valence-corrected chi connectivity index (χ0v) is 16.6. The van der Waals surface area contributed by atoms with E-state index in [1.54, 1.807) is 14.2 Å². The van der Waals surface area contributed by atoms with Crippen molar-refractivity contribution >= 4 is 39.9 Å². The van der Waals surface area contributed by atoms with Crippen LogP contribution in [0.3, 0.4) is 0 Å². The van der Waals surface area contributed by atoms with E-state index in [-0.39, 0.29) is 18.3 Å². The maximum absolute atomic E-state index is 12.1. The van der Waals surface area contributed by atoms with Crippen molar-refractivity contribution < 1.29 is 14.3 Å². The average Bonchev–Trinajstić information content (AvgIpc) is 2.59. The molecule has 0 bridgehead atoms. The van der Waals surface area contributed by atoms with Crippen LogP contribution in [0.15, 0.2) is 40.9 Å². The highest BCUT2D eigenvalue weighted by Gasteiger charge is 2.11. The van der Waals surface area contributed by atoms with Crippen LogP contribution >= 0.6 is 28.3 Å².